The van der Waals surface area contributed by atoms with E-state index in [4.69, 9.17) is 5.73 Å². The number of hydrogen-bond donors (Lipinski definition) is 0. The minimum absolute atomic E-state index is 0. The van der Waals surface area contributed by atoms with Gasteiger partial charge >= 0.3 is 0 Å². The predicted octanol–water partition coefficient (Wildman–Crippen LogP) is 5.11. The number of nitrogens with zero attached hydrogens (tertiary/aromatic N) is 3. The average Bonchev–Trinajstić information content (AvgIpc) is 2.00. The fourth-order valence-electron chi connectivity index (χ4n) is 1.33. The molecule has 0 saturated carbocycles. The van der Waals surface area contributed by atoms with Gasteiger partial charge in [-0.15, -0.1) is 5.54 Å². The molecule has 0 heterocycles. The van der Waals surface area contributed by atoms with Crippen molar-refractivity contribution >= 4 is 0 Å². The molecule has 5 heteroatoms. The van der Waals surface area contributed by atoms with Crippen LogP contribution in [0.4, 0.5) is 0 Å². The van der Waals surface area contributed by atoms with Gasteiger partial charge in [0.25, 0.3) is 0 Å². The van der Waals surface area contributed by atoms with Crippen LogP contribution in [0.15, 0.2) is 0 Å². The first kappa shape index (κ1) is 31.8. The molecule has 0 aromatic heterocycles. The first-order valence-electron chi connectivity index (χ1n) is 6.14. The average molecular weight is 353 g/mol. The van der Waals surface area contributed by atoms with E-state index in [1.54, 1.807) is 42.3 Å². The van der Waals surface area contributed by atoms with Crippen molar-refractivity contribution in [2.45, 2.75) is 46.6 Å². The molecule has 0 aromatic rings. The topological polar surface area (TPSA) is 66.1 Å². The fourth-order valence-corrected chi connectivity index (χ4v) is 1.33. The molecule has 0 aliphatic carbocycles. The minimum atomic E-state index is -0.266. The fraction of sp³-hybridized carbons (Fsp3) is 1.00. The van der Waals surface area contributed by atoms with Gasteiger partial charge in [0.05, 0.1) is 0 Å². The molecule has 0 fully saturated rings. The van der Waals surface area contributed by atoms with Crippen LogP contribution in [0.25, 0.3) is 21.7 Å². The van der Waals surface area contributed by atoms with Gasteiger partial charge in [-0.1, -0.05) is 41.0 Å². The van der Waals surface area contributed by atoms with Crippen LogP contribution in [0.5, 0.6) is 0 Å². The van der Waals surface area contributed by atoms with Crippen LogP contribution in [-0.2, 0) is 22.4 Å². The van der Waals surface area contributed by atoms with Gasteiger partial charge in [-0.05, 0) is 5.41 Å². The molecule has 0 atom stereocenters. The maximum absolute atomic E-state index is 7.59. The van der Waals surface area contributed by atoms with Crippen molar-refractivity contribution in [3.05, 3.63) is 21.7 Å². The molecule has 121 valence electrons. The van der Waals surface area contributed by atoms with Gasteiger partial charge in [-0.3, -0.25) is 0 Å². The Morgan fingerprint density at radius 2 is 0.842 bits per heavy atom. The quantitative estimate of drug-likeness (QED) is 0.588. The van der Waals surface area contributed by atoms with E-state index < -0.39 is 0 Å². The molecule has 19 heavy (non-hydrogen) atoms. The SMILES string of the molecule is CC(C)(C)CC(C)(C)[NH-].C[N-]C.C[N-]C.C[N-]C.[Nb]. The zero-order chi connectivity index (χ0) is 15.8. The second-order valence-corrected chi connectivity index (χ2v) is 5.96. The first-order valence-corrected chi connectivity index (χ1v) is 6.14. The first-order chi connectivity index (χ1) is 7.95. The summed E-state index contributed by atoms with van der Waals surface area (Å²) in [5.74, 6) is 0. The van der Waals surface area contributed by atoms with Crippen LogP contribution in [-0.4, -0.2) is 47.8 Å². The molecule has 0 saturated heterocycles. The predicted molar refractivity (Wildman–Crippen MR) is 88.1 cm³/mol. The summed E-state index contributed by atoms with van der Waals surface area (Å²) in [7, 11) is 10.5. The summed E-state index contributed by atoms with van der Waals surface area (Å²) in [6.45, 7) is 10.4. The van der Waals surface area contributed by atoms with Crippen LogP contribution >= 0.6 is 0 Å². The smallest absolute Gasteiger partial charge is 0 e. The molecule has 0 amide bonds. The summed E-state index contributed by atoms with van der Waals surface area (Å²) in [5.41, 5.74) is 7.62. The van der Waals surface area contributed by atoms with Crippen LogP contribution in [0.2, 0.25) is 0 Å². The van der Waals surface area contributed by atoms with Gasteiger partial charge in [0.1, 0.15) is 0 Å². The van der Waals surface area contributed by atoms with E-state index in [0.29, 0.717) is 5.41 Å². The van der Waals surface area contributed by atoms with E-state index in [-0.39, 0.29) is 27.9 Å². The third-order valence-electron chi connectivity index (χ3n) is 0.972. The summed E-state index contributed by atoms with van der Waals surface area (Å²) in [6, 6.07) is 0. The van der Waals surface area contributed by atoms with Crippen molar-refractivity contribution in [3.8, 4) is 0 Å². The van der Waals surface area contributed by atoms with Crippen LogP contribution in [0.3, 0.4) is 0 Å². The molecular weight excluding hydrogens is 317 g/mol. The molecular formula is C14H36N4Nb-4. The molecule has 0 spiro atoms. The van der Waals surface area contributed by atoms with Crippen molar-refractivity contribution in [1.82, 2.24) is 0 Å². The standard InChI is InChI=1S/C8H18N.3C2H6N.Nb/c1-7(2,3)6-8(4,5)9;3*1-3-2;/h9H,6H2,1-5H3;3*1-2H3;/q4*-1;. The second-order valence-electron chi connectivity index (χ2n) is 5.96. The van der Waals surface area contributed by atoms with Gasteiger partial charge in [-0.2, -0.15) is 42.3 Å². The van der Waals surface area contributed by atoms with Crippen LogP contribution in [0.1, 0.15) is 41.0 Å². The Hall–Kier alpha value is 0.580. The maximum atomic E-state index is 7.59. The van der Waals surface area contributed by atoms with Crippen molar-refractivity contribution in [1.29, 1.82) is 0 Å². The summed E-state index contributed by atoms with van der Waals surface area (Å²) < 4.78 is 0. The minimum Gasteiger partial charge on any atom is -0.672 e. The van der Waals surface area contributed by atoms with Crippen molar-refractivity contribution < 1.29 is 22.4 Å². The van der Waals surface area contributed by atoms with Crippen molar-refractivity contribution in [3.63, 3.8) is 0 Å². The Bertz CT molecular complexity index is 112. The third-order valence-corrected chi connectivity index (χ3v) is 0.972. The van der Waals surface area contributed by atoms with E-state index in [0.717, 1.165) is 6.42 Å². The van der Waals surface area contributed by atoms with E-state index in [2.05, 4.69) is 36.7 Å². The monoisotopic (exact) mass is 353 g/mol. The largest absolute Gasteiger partial charge is 0.672 e. The Labute approximate surface area is 138 Å². The molecule has 0 aliphatic heterocycles. The molecule has 1 N–H and O–H groups in total. The Balaban J connectivity index is -0.0000000548. The van der Waals surface area contributed by atoms with Gasteiger partial charge in [0.2, 0.25) is 0 Å². The summed E-state index contributed by atoms with van der Waals surface area (Å²) >= 11 is 0. The number of rotatable bonds is 1. The molecule has 4 nitrogen and oxygen atoms in total. The van der Waals surface area contributed by atoms with Crippen LogP contribution < -0.4 is 0 Å². The van der Waals surface area contributed by atoms with Gasteiger partial charge in [0, 0.05) is 22.4 Å². The molecule has 0 bridgehead atoms. The zero-order valence-electron chi connectivity index (χ0n) is 15.0. The molecule has 0 aliphatic rings. The summed E-state index contributed by atoms with van der Waals surface area (Å²) in [4.78, 5) is 0. The molecule has 0 aromatic carbocycles. The van der Waals surface area contributed by atoms with Crippen molar-refractivity contribution in [2.75, 3.05) is 42.3 Å². The number of hydrogen-bond acceptors (Lipinski definition) is 0. The van der Waals surface area contributed by atoms with Crippen LogP contribution in [0, 0.1) is 5.41 Å². The van der Waals surface area contributed by atoms with E-state index in [1.165, 1.54) is 0 Å². The van der Waals surface area contributed by atoms with Gasteiger partial charge < -0.3 is 21.7 Å². The third kappa shape index (κ3) is 118. The van der Waals surface area contributed by atoms with E-state index >= 15 is 0 Å². The van der Waals surface area contributed by atoms with Crippen molar-refractivity contribution in [2.24, 2.45) is 5.41 Å². The Kier molecular flexibility index (Phi) is 35.0. The summed E-state index contributed by atoms with van der Waals surface area (Å²) in [6.07, 6.45) is 0.958. The summed E-state index contributed by atoms with van der Waals surface area (Å²) in [5, 5.41) is 10.5. The second kappa shape index (κ2) is 20.9. The zero-order valence-corrected chi connectivity index (χ0v) is 17.2. The Morgan fingerprint density at radius 1 is 0.684 bits per heavy atom. The number of nitrogens with one attached hydrogen (secondary N) is 1. The van der Waals surface area contributed by atoms with Gasteiger partial charge in [-0.25, -0.2) is 0 Å². The van der Waals surface area contributed by atoms with E-state index in [9.17, 15) is 0 Å². The molecule has 0 unspecified atom stereocenters. The molecule has 1 radical (unpaired) electrons. The normalized spacial score (nSPS) is 9.47. The molecule has 0 rings (SSSR count). The maximum Gasteiger partial charge on any atom is 0 e. The van der Waals surface area contributed by atoms with Gasteiger partial charge in [0.15, 0.2) is 0 Å². The Morgan fingerprint density at radius 3 is 0.842 bits per heavy atom. The van der Waals surface area contributed by atoms with E-state index in [1.807, 2.05) is 13.8 Å².